The molecule has 6 heteroatoms. The number of rotatable bonds is 4. The number of aldehydes is 1. The third-order valence-electron chi connectivity index (χ3n) is 2.94. The molecule has 0 bridgehead atoms. The van der Waals surface area contributed by atoms with Crippen molar-refractivity contribution in [1.29, 1.82) is 0 Å². The van der Waals surface area contributed by atoms with Gasteiger partial charge < -0.3 is 4.74 Å². The molecule has 2 aromatic carbocycles. The Bertz CT molecular complexity index is 728. The van der Waals surface area contributed by atoms with Gasteiger partial charge in [0.1, 0.15) is 11.6 Å². The molecule has 2 rings (SSSR count). The summed E-state index contributed by atoms with van der Waals surface area (Å²) in [5, 5.41) is 11.1. The third-order valence-corrected chi connectivity index (χ3v) is 2.94. The van der Waals surface area contributed by atoms with Gasteiger partial charge in [0.25, 0.3) is 0 Å². The molecule has 0 radical (unpaired) electrons. The van der Waals surface area contributed by atoms with Crippen LogP contribution in [0.1, 0.15) is 21.5 Å². The molecule has 0 heterocycles. The molecule has 0 saturated heterocycles. The van der Waals surface area contributed by atoms with Crippen molar-refractivity contribution in [2.45, 2.75) is 13.8 Å². The van der Waals surface area contributed by atoms with Gasteiger partial charge in [0.2, 0.25) is 5.75 Å². The van der Waals surface area contributed by atoms with E-state index in [1.807, 2.05) is 0 Å². The summed E-state index contributed by atoms with van der Waals surface area (Å²) in [6.07, 6.45) is 0.319. The molecule has 0 fully saturated rings. The zero-order valence-electron chi connectivity index (χ0n) is 11.4. The fourth-order valence-corrected chi connectivity index (χ4v) is 2.03. The first-order chi connectivity index (χ1) is 9.93. The van der Waals surface area contributed by atoms with Crippen LogP contribution in [0, 0.1) is 29.8 Å². The fraction of sp³-hybridized carbons (Fsp3) is 0.133. The van der Waals surface area contributed by atoms with E-state index in [1.54, 1.807) is 19.9 Å². The Labute approximate surface area is 120 Å². The van der Waals surface area contributed by atoms with E-state index in [-0.39, 0.29) is 22.7 Å². The zero-order chi connectivity index (χ0) is 15.6. The number of ether oxygens (including phenoxy) is 1. The second kappa shape index (κ2) is 5.70. The lowest BCUT2D eigenvalue weighted by Crippen LogP contribution is -1.99. The number of nitro groups is 1. The number of hydrogen-bond donors (Lipinski definition) is 0. The standard InChI is InChI=1S/C15H12FNO4/c1-9-6-10(2)15(13(7-9)17(19)20)21-14-5-3-4-12(16)11(14)8-18/h3-8H,1-2H3. The Morgan fingerprint density at radius 3 is 2.62 bits per heavy atom. The normalized spacial score (nSPS) is 10.2. The lowest BCUT2D eigenvalue weighted by molar-refractivity contribution is -0.385. The van der Waals surface area contributed by atoms with Crippen LogP contribution in [-0.2, 0) is 0 Å². The lowest BCUT2D eigenvalue weighted by atomic mass is 10.1. The van der Waals surface area contributed by atoms with Crippen molar-refractivity contribution >= 4 is 12.0 Å². The predicted octanol–water partition coefficient (Wildman–Crippen LogP) is 3.96. The maximum atomic E-state index is 13.5. The van der Waals surface area contributed by atoms with E-state index in [9.17, 15) is 19.3 Å². The average molecular weight is 289 g/mol. The van der Waals surface area contributed by atoms with E-state index < -0.39 is 10.7 Å². The number of carbonyl (C=O) groups excluding carboxylic acids is 1. The number of hydrogen-bond acceptors (Lipinski definition) is 4. The van der Waals surface area contributed by atoms with Crippen LogP contribution in [0.2, 0.25) is 0 Å². The van der Waals surface area contributed by atoms with Crippen LogP contribution < -0.4 is 4.74 Å². The Balaban J connectivity index is 2.57. The molecule has 108 valence electrons. The summed E-state index contributed by atoms with van der Waals surface area (Å²) in [7, 11) is 0. The summed E-state index contributed by atoms with van der Waals surface area (Å²) in [5.41, 5.74) is 0.740. The molecule has 0 aliphatic carbocycles. The minimum atomic E-state index is -0.741. The van der Waals surface area contributed by atoms with Crippen molar-refractivity contribution in [3.63, 3.8) is 0 Å². The fourth-order valence-electron chi connectivity index (χ4n) is 2.03. The number of nitro benzene ring substituents is 1. The summed E-state index contributed by atoms with van der Waals surface area (Å²) in [6.45, 7) is 3.37. The highest BCUT2D eigenvalue weighted by Crippen LogP contribution is 2.36. The van der Waals surface area contributed by atoms with Crippen LogP contribution in [0.15, 0.2) is 30.3 Å². The van der Waals surface area contributed by atoms with Crippen molar-refractivity contribution in [2.24, 2.45) is 0 Å². The largest absolute Gasteiger partial charge is 0.449 e. The van der Waals surface area contributed by atoms with Gasteiger partial charge in [-0.2, -0.15) is 0 Å². The lowest BCUT2D eigenvalue weighted by Gasteiger charge is -2.11. The monoisotopic (exact) mass is 289 g/mol. The smallest absolute Gasteiger partial charge is 0.312 e. The molecule has 0 aliphatic heterocycles. The minimum absolute atomic E-state index is 0.000648. The highest BCUT2D eigenvalue weighted by atomic mass is 19.1. The second-order valence-corrected chi connectivity index (χ2v) is 4.56. The van der Waals surface area contributed by atoms with E-state index in [0.29, 0.717) is 17.4 Å². The van der Waals surface area contributed by atoms with Crippen LogP contribution in [-0.4, -0.2) is 11.2 Å². The van der Waals surface area contributed by atoms with Crippen LogP contribution in [0.3, 0.4) is 0 Å². The van der Waals surface area contributed by atoms with Gasteiger partial charge in [0, 0.05) is 6.07 Å². The molecule has 0 N–H and O–H groups in total. The molecule has 0 aliphatic rings. The summed E-state index contributed by atoms with van der Waals surface area (Å²) in [5.74, 6) is -0.797. The summed E-state index contributed by atoms with van der Waals surface area (Å²) >= 11 is 0. The molecule has 0 spiro atoms. The quantitative estimate of drug-likeness (QED) is 0.485. The zero-order valence-corrected chi connectivity index (χ0v) is 11.4. The molecule has 0 saturated carbocycles. The van der Waals surface area contributed by atoms with Gasteiger partial charge in [-0.05, 0) is 37.1 Å². The number of carbonyl (C=O) groups is 1. The second-order valence-electron chi connectivity index (χ2n) is 4.56. The number of halogens is 1. The Hall–Kier alpha value is -2.76. The molecule has 21 heavy (non-hydrogen) atoms. The van der Waals surface area contributed by atoms with Crippen molar-refractivity contribution in [3.05, 3.63) is 63.0 Å². The van der Waals surface area contributed by atoms with Gasteiger partial charge in [-0.15, -0.1) is 0 Å². The van der Waals surface area contributed by atoms with Gasteiger partial charge in [-0.1, -0.05) is 12.1 Å². The first-order valence-electron chi connectivity index (χ1n) is 6.11. The summed E-state index contributed by atoms with van der Waals surface area (Å²) in [4.78, 5) is 21.5. The van der Waals surface area contributed by atoms with E-state index in [4.69, 9.17) is 4.74 Å². The third kappa shape index (κ3) is 2.89. The number of nitrogens with zero attached hydrogens (tertiary/aromatic N) is 1. The molecular formula is C15H12FNO4. The van der Waals surface area contributed by atoms with Crippen LogP contribution >= 0.6 is 0 Å². The van der Waals surface area contributed by atoms with Crippen LogP contribution in [0.25, 0.3) is 0 Å². The molecule has 0 unspecified atom stereocenters. The van der Waals surface area contributed by atoms with Crippen LogP contribution in [0.5, 0.6) is 11.5 Å². The molecule has 2 aromatic rings. The topological polar surface area (TPSA) is 69.4 Å². The summed E-state index contributed by atoms with van der Waals surface area (Å²) in [6, 6.07) is 6.94. The van der Waals surface area contributed by atoms with Crippen molar-refractivity contribution < 1.29 is 18.8 Å². The average Bonchev–Trinajstić information content (AvgIpc) is 2.41. The summed E-state index contributed by atoms with van der Waals surface area (Å²) < 4.78 is 19.0. The van der Waals surface area contributed by atoms with Gasteiger partial charge in [0.05, 0.1) is 10.5 Å². The van der Waals surface area contributed by atoms with E-state index in [1.165, 1.54) is 18.2 Å². The first kappa shape index (κ1) is 14.6. The molecule has 0 atom stereocenters. The van der Waals surface area contributed by atoms with Crippen LogP contribution in [0.4, 0.5) is 10.1 Å². The van der Waals surface area contributed by atoms with Crippen molar-refractivity contribution in [2.75, 3.05) is 0 Å². The molecule has 0 amide bonds. The van der Waals surface area contributed by atoms with E-state index in [0.717, 1.165) is 6.07 Å². The minimum Gasteiger partial charge on any atom is -0.449 e. The maximum Gasteiger partial charge on any atom is 0.312 e. The molecule has 5 nitrogen and oxygen atoms in total. The maximum absolute atomic E-state index is 13.5. The molecular weight excluding hydrogens is 277 g/mol. The Kier molecular flexibility index (Phi) is 3.98. The Morgan fingerprint density at radius 2 is 2.00 bits per heavy atom. The van der Waals surface area contributed by atoms with Gasteiger partial charge in [-0.25, -0.2) is 4.39 Å². The van der Waals surface area contributed by atoms with Crippen molar-refractivity contribution in [1.82, 2.24) is 0 Å². The SMILES string of the molecule is Cc1cc(C)c(Oc2cccc(F)c2C=O)c([N+](=O)[O-])c1. The predicted molar refractivity (Wildman–Crippen MR) is 74.4 cm³/mol. The highest BCUT2D eigenvalue weighted by molar-refractivity contribution is 5.80. The first-order valence-corrected chi connectivity index (χ1v) is 6.11. The van der Waals surface area contributed by atoms with Gasteiger partial charge in [0.15, 0.2) is 6.29 Å². The Morgan fingerprint density at radius 1 is 1.29 bits per heavy atom. The highest BCUT2D eigenvalue weighted by Gasteiger charge is 2.21. The number of aryl methyl sites for hydroxylation is 2. The van der Waals surface area contributed by atoms with Gasteiger partial charge >= 0.3 is 5.69 Å². The van der Waals surface area contributed by atoms with Crippen molar-refractivity contribution in [3.8, 4) is 11.5 Å². The van der Waals surface area contributed by atoms with Gasteiger partial charge in [-0.3, -0.25) is 14.9 Å². The van der Waals surface area contributed by atoms with E-state index >= 15 is 0 Å². The van der Waals surface area contributed by atoms with E-state index in [2.05, 4.69) is 0 Å². The molecule has 0 aromatic heterocycles. The number of benzene rings is 2.